The van der Waals surface area contributed by atoms with Gasteiger partial charge in [0, 0.05) is 29.9 Å². The third-order valence-corrected chi connectivity index (χ3v) is 6.88. The topological polar surface area (TPSA) is 49.4 Å². The molecule has 1 aliphatic rings. The highest BCUT2D eigenvalue weighted by Gasteiger charge is 2.34. The van der Waals surface area contributed by atoms with Gasteiger partial charge in [-0.05, 0) is 30.9 Å². The van der Waals surface area contributed by atoms with Crippen molar-refractivity contribution in [3.63, 3.8) is 0 Å². The third kappa shape index (κ3) is 3.42. The van der Waals surface area contributed by atoms with Gasteiger partial charge in [-0.3, -0.25) is 0 Å². The van der Waals surface area contributed by atoms with Crippen molar-refractivity contribution in [1.29, 1.82) is 0 Å². The average molecular weight is 316 g/mol. The molecule has 0 saturated carbocycles. The Balaban J connectivity index is 2.09. The van der Waals surface area contributed by atoms with Crippen molar-refractivity contribution in [2.45, 2.75) is 38.6 Å². The Hall–Kier alpha value is -0.430. The van der Waals surface area contributed by atoms with Crippen molar-refractivity contribution in [1.82, 2.24) is 9.62 Å². The molecule has 1 aliphatic heterocycles. The van der Waals surface area contributed by atoms with Crippen molar-refractivity contribution < 1.29 is 8.42 Å². The number of sulfonamides is 1. The first-order valence-corrected chi connectivity index (χ1v) is 9.55. The van der Waals surface area contributed by atoms with Gasteiger partial charge >= 0.3 is 0 Å². The van der Waals surface area contributed by atoms with E-state index >= 15 is 0 Å². The molecule has 0 bridgehead atoms. The molecule has 1 N–H and O–H groups in total. The number of rotatable bonds is 6. The molecule has 1 unspecified atom stereocenters. The van der Waals surface area contributed by atoms with Gasteiger partial charge in [0.05, 0.1) is 4.90 Å². The highest BCUT2D eigenvalue weighted by Crippen LogP contribution is 2.30. The molecule has 1 aromatic rings. The largest absolute Gasteiger partial charge is 0.312 e. The van der Waals surface area contributed by atoms with E-state index in [-0.39, 0.29) is 0 Å². The van der Waals surface area contributed by atoms with E-state index in [2.05, 4.69) is 19.2 Å². The van der Waals surface area contributed by atoms with E-state index in [9.17, 15) is 8.42 Å². The van der Waals surface area contributed by atoms with Crippen LogP contribution in [-0.4, -0.2) is 32.4 Å². The zero-order valence-corrected chi connectivity index (χ0v) is 14.1. The average Bonchev–Trinajstić information content (AvgIpc) is 3.05. The van der Waals surface area contributed by atoms with Gasteiger partial charge in [-0.25, -0.2) is 8.42 Å². The number of nitrogens with one attached hydrogen (secondary N) is 1. The van der Waals surface area contributed by atoms with Gasteiger partial charge in [0.2, 0.25) is 10.0 Å². The summed E-state index contributed by atoms with van der Waals surface area (Å²) in [6, 6.07) is 1.81. The van der Waals surface area contributed by atoms with Crippen LogP contribution in [0.15, 0.2) is 16.3 Å². The Morgan fingerprint density at radius 2 is 2.25 bits per heavy atom. The van der Waals surface area contributed by atoms with Crippen LogP contribution in [0.25, 0.3) is 0 Å². The van der Waals surface area contributed by atoms with E-state index in [1.54, 1.807) is 9.69 Å². The van der Waals surface area contributed by atoms with Crippen LogP contribution in [0, 0.1) is 11.8 Å². The number of nitrogens with zero attached hydrogens (tertiary/aromatic N) is 1. The summed E-state index contributed by atoms with van der Waals surface area (Å²) in [5, 5.41) is 4.99. The highest BCUT2D eigenvalue weighted by molar-refractivity contribution is 7.89. The molecular formula is C14H24N2O2S2. The molecule has 1 saturated heterocycles. The van der Waals surface area contributed by atoms with E-state index in [1.807, 2.05) is 13.0 Å². The monoisotopic (exact) mass is 316 g/mol. The minimum Gasteiger partial charge on any atom is -0.312 e. The minimum absolute atomic E-state index is 0.458. The van der Waals surface area contributed by atoms with Gasteiger partial charge in [-0.2, -0.15) is 4.31 Å². The number of hydrogen-bond donors (Lipinski definition) is 1. The Labute approximate surface area is 126 Å². The number of thiophene rings is 1. The van der Waals surface area contributed by atoms with Gasteiger partial charge in [0.1, 0.15) is 0 Å². The molecule has 1 atom stereocenters. The van der Waals surface area contributed by atoms with Gasteiger partial charge in [0.15, 0.2) is 0 Å². The quantitative estimate of drug-likeness (QED) is 0.877. The second-order valence-corrected chi connectivity index (χ2v) is 8.62. The molecule has 6 heteroatoms. The molecule has 0 amide bonds. The summed E-state index contributed by atoms with van der Waals surface area (Å²) in [4.78, 5) is 1.53. The molecule has 0 aromatic carbocycles. The van der Waals surface area contributed by atoms with Crippen LogP contribution in [0.5, 0.6) is 0 Å². The second-order valence-electron chi connectivity index (χ2n) is 5.68. The Kier molecular flexibility index (Phi) is 5.23. The summed E-state index contributed by atoms with van der Waals surface area (Å²) in [5.41, 5.74) is 0. The van der Waals surface area contributed by atoms with E-state index in [4.69, 9.17) is 0 Å². The lowest BCUT2D eigenvalue weighted by atomic mass is 9.96. The van der Waals surface area contributed by atoms with Crippen LogP contribution < -0.4 is 5.32 Å². The Bertz CT molecular complexity index is 537. The maximum absolute atomic E-state index is 12.6. The fourth-order valence-electron chi connectivity index (χ4n) is 2.50. The molecule has 1 aromatic heterocycles. The van der Waals surface area contributed by atoms with Crippen LogP contribution in [0.4, 0.5) is 0 Å². The fourth-order valence-corrected chi connectivity index (χ4v) is 5.25. The zero-order chi connectivity index (χ0) is 14.8. The summed E-state index contributed by atoms with van der Waals surface area (Å²) in [7, 11) is -3.29. The first kappa shape index (κ1) is 15.9. The second kappa shape index (κ2) is 6.56. The standard InChI is InChI=1S/C14H24N2O2S2/c1-4-15-8-13-7-14(10-19-13)20(17,18)16-6-5-12(9-16)11(2)3/h7,10-12,15H,4-6,8-9H2,1-3H3. The smallest absolute Gasteiger partial charge is 0.243 e. The molecule has 0 aliphatic carbocycles. The molecule has 1 fully saturated rings. The first-order chi connectivity index (χ1) is 9.45. The predicted molar refractivity (Wildman–Crippen MR) is 83.4 cm³/mol. The SMILES string of the molecule is CCNCc1cc(S(=O)(=O)N2CCC(C(C)C)C2)cs1. The summed E-state index contributed by atoms with van der Waals surface area (Å²) in [5.74, 6) is 1.03. The van der Waals surface area contributed by atoms with E-state index < -0.39 is 10.0 Å². The summed E-state index contributed by atoms with van der Waals surface area (Å²) < 4.78 is 26.9. The number of hydrogen-bond acceptors (Lipinski definition) is 4. The van der Waals surface area contributed by atoms with Crippen molar-refractivity contribution in [3.05, 3.63) is 16.3 Å². The molecule has 4 nitrogen and oxygen atoms in total. The third-order valence-electron chi connectivity index (χ3n) is 3.95. The molecular weight excluding hydrogens is 292 g/mol. The lowest BCUT2D eigenvalue weighted by Crippen LogP contribution is -2.29. The van der Waals surface area contributed by atoms with E-state index in [0.29, 0.717) is 29.8 Å². The summed E-state index contributed by atoms with van der Waals surface area (Å²) >= 11 is 1.51. The Morgan fingerprint density at radius 3 is 2.85 bits per heavy atom. The molecule has 0 spiro atoms. The fraction of sp³-hybridized carbons (Fsp3) is 0.714. The normalized spacial score (nSPS) is 20.9. The van der Waals surface area contributed by atoms with Crippen molar-refractivity contribution in [3.8, 4) is 0 Å². The Morgan fingerprint density at radius 1 is 1.50 bits per heavy atom. The minimum atomic E-state index is -3.29. The molecule has 20 heavy (non-hydrogen) atoms. The molecule has 0 radical (unpaired) electrons. The maximum Gasteiger partial charge on any atom is 0.243 e. The van der Waals surface area contributed by atoms with Crippen molar-refractivity contribution in [2.75, 3.05) is 19.6 Å². The van der Waals surface area contributed by atoms with Gasteiger partial charge < -0.3 is 5.32 Å². The molecule has 2 rings (SSSR count). The van der Waals surface area contributed by atoms with Crippen LogP contribution in [0.2, 0.25) is 0 Å². The van der Waals surface area contributed by atoms with Gasteiger partial charge in [-0.15, -0.1) is 11.3 Å². The molecule has 2 heterocycles. The van der Waals surface area contributed by atoms with Gasteiger partial charge in [0.25, 0.3) is 0 Å². The van der Waals surface area contributed by atoms with Crippen LogP contribution in [0.1, 0.15) is 32.1 Å². The highest BCUT2D eigenvalue weighted by atomic mass is 32.2. The maximum atomic E-state index is 12.6. The van der Waals surface area contributed by atoms with Crippen LogP contribution in [-0.2, 0) is 16.6 Å². The van der Waals surface area contributed by atoms with Crippen molar-refractivity contribution in [2.24, 2.45) is 11.8 Å². The summed E-state index contributed by atoms with van der Waals surface area (Å²) in [6.45, 7) is 9.33. The van der Waals surface area contributed by atoms with E-state index in [0.717, 1.165) is 24.4 Å². The summed E-state index contributed by atoms with van der Waals surface area (Å²) in [6.07, 6.45) is 0.977. The van der Waals surface area contributed by atoms with Gasteiger partial charge in [-0.1, -0.05) is 20.8 Å². The lowest BCUT2D eigenvalue weighted by Gasteiger charge is -2.17. The van der Waals surface area contributed by atoms with E-state index in [1.165, 1.54) is 11.3 Å². The van der Waals surface area contributed by atoms with Crippen LogP contribution in [0.3, 0.4) is 0 Å². The predicted octanol–water partition coefficient (Wildman–Crippen LogP) is 2.52. The molecule has 114 valence electrons. The zero-order valence-electron chi connectivity index (χ0n) is 12.4. The first-order valence-electron chi connectivity index (χ1n) is 7.23. The van der Waals surface area contributed by atoms with Crippen molar-refractivity contribution >= 4 is 21.4 Å². The van der Waals surface area contributed by atoms with Crippen LogP contribution >= 0.6 is 11.3 Å². The lowest BCUT2D eigenvalue weighted by molar-refractivity contribution is 0.388.